The number of nitrogens with zero attached hydrogens (tertiary/aromatic N) is 1. The first-order valence-electron chi connectivity index (χ1n) is 10.3. The summed E-state index contributed by atoms with van der Waals surface area (Å²) in [6, 6.07) is 25.1. The van der Waals surface area contributed by atoms with Crippen molar-refractivity contribution in [1.82, 2.24) is 4.98 Å². The number of benzene rings is 3. The number of nitrogens with one attached hydrogen (secondary N) is 1. The molecule has 1 amide bonds. The lowest BCUT2D eigenvalue weighted by molar-refractivity contribution is 0.0992. The molecule has 1 N–H and O–H groups in total. The van der Waals surface area contributed by atoms with Crippen LogP contribution in [0.3, 0.4) is 0 Å². The van der Waals surface area contributed by atoms with Crippen LogP contribution in [0.1, 0.15) is 21.9 Å². The molecular formula is C26H19IN2O3S. The monoisotopic (exact) mass is 566 g/mol. The van der Waals surface area contributed by atoms with E-state index in [9.17, 15) is 4.79 Å². The van der Waals surface area contributed by atoms with Crippen molar-refractivity contribution >= 4 is 55.7 Å². The van der Waals surface area contributed by atoms with Gasteiger partial charge in [-0.3, -0.25) is 4.79 Å². The first-order valence-corrected chi connectivity index (χ1v) is 12.2. The summed E-state index contributed by atoms with van der Waals surface area (Å²) in [5.74, 6) is 1.27. The molecule has 0 saturated heterocycles. The highest BCUT2D eigenvalue weighted by atomic mass is 127. The van der Waals surface area contributed by atoms with Crippen LogP contribution in [0.25, 0.3) is 20.8 Å². The Morgan fingerprint density at radius 1 is 1.03 bits per heavy atom. The van der Waals surface area contributed by atoms with Gasteiger partial charge in [-0.1, -0.05) is 6.07 Å². The minimum absolute atomic E-state index is 0.238. The van der Waals surface area contributed by atoms with Gasteiger partial charge in [0.2, 0.25) is 0 Å². The molecule has 0 fully saturated rings. The van der Waals surface area contributed by atoms with Gasteiger partial charge in [0.25, 0.3) is 5.91 Å². The van der Waals surface area contributed by atoms with E-state index >= 15 is 0 Å². The summed E-state index contributed by atoms with van der Waals surface area (Å²) in [6.07, 6.45) is 0. The number of furan rings is 1. The highest BCUT2D eigenvalue weighted by molar-refractivity contribution is 14.1. The third kappa shape index (κ3) is 5.09. The molecular weight excluding hydrogens is 547 g/mol. The lowest BCUT2D eigenvalue weighted by Gasteiger charge is -2.05. The Labute approximate surface area is 208 Å². The van der Waals surface area contributed by atoms with Crippen molar-refractivity contribution in [2.45, 2.75) is 13.5 Å². The number of anilines is 1. The summed E-state index contributed by atoms with van der Waals surface area (Å²) in [5.41, 5.74) is 3.92. The molecule has 7 heteroatoms. The zero-order valence-corrected chi connectivity index (χ0v) is 20.6. The van der Waals surface area contributed by atoms with E-state index in [1.807, 2.05) is 54.6 Å². The van der Waals surface area contributed by atoms with Gasteiger partial charge >= 0.3 is 0 Å². The Hall–Kier alpha value is -3.17. The van der Waals surface area contributed by atoms with Crippen molar-refractivity contribution in [3.05, 3.63) is 99.5 Å². The number of carbonyl (C=O) groups excluding carboxylic acids is 1. The molecule has 0 aliphatic carbocycles. The Bertz CT molecular complexity index is 1420. The number of aryl methyl sites for hydroxylation is 1. The molecule has 5 nitrogen and oxygen atoms in total. The number of rotatable bonds is 6. The number of ether oxygens (including phenoxy) is 1. The second kappa shape index (κ2) is 9.36. The van der Waals surface area contributed by atoms with Gasteiger partial charge in [-0.2, -0.15) is 0 Å². The zero-order valence-electron chi connectivity index (χ0n) is 17.7. The number of fused-ring (bicyclic) bond motifs is 1. The predicted octanol–water partition coefficient (Wildman–Crippen LogP) is 7.30. The van der Waals surface area contributed by atoms with Crippen LogP contribution in [-0.4, -0.2) is 10.9 Å². The third-order valence-corrected chi connectivity index (χ3v) is 6.80. The molecule has 0 aliphatic rings. The number of hydrogen-bond donors (Lipinski definition) is 1. The van der Waals surface area contributed by atoms with E-state index in [0.717, 1.165) is 25.4 Å². The van der Waals surface area contributed by atoms with Crippen LogP contribution in [0.5, 0.6) is 5.75 Å². The van der Waals surface area contributed by atoms with E-state index in [4.69, 9.17) is 14.1 Å². The Balaban J connectivity index is 1.22. The van der Waals surface area contributed by atoms with Crippen molar-refractivity contribution in [2.75, 3.05) is 5.32 Å². The van der Waals surface area contributed by atoms with Gasteiger partial charge in [-0.05, 0) is 108 Å². The van der Waals surface area contributed by atoms with Gasteiger partial charge < -0.3 is 14.5 Å². The molecule has 3 aromatic carbocycles. The van der Waals surface area contributed by atoms with Crippen LogP contribution in [0.4, 0.5) is 5.69 Å². The SMILES string of the molecule is Cc1ccc2nc(-c3ccc(NC(=O)c4ccc(COc5ccc(I)cc5)o4)cc3)sc2c1. The summed E-state index contributed by atoms with van der Waals surface area (Å²) < 4.78 is 13.7. The summed E-state index contributed by atoms with van der Waals surface area (Å²) in [7, 11) is 0. The standard InChI is InChI=1S/C26H19IN2O3S/c1-16-2-12-22-24(14-16)33-26(29-22)17-3-7-19(8-4-17)28-25(30)23-13-11-21(32-23)15-31-20-9-5-18(27)6-10-20/h2-14H,15H2,1H3,(H,28,30). The molecule has 164 valence electrons. The minimum atomic E-state index is -0.307. The Kier molecular flexibility index (Phi) is 6.15. The lowest BCUT2D eigenvalue weighted by Crippen LogP contribution is -2.10. The quantitative estimate of drug-likeness (QED) is 0.219. The van der Waals surface area contributed by atoms with E-state index < -0.39 is 0 Å². The van der Waals surface area contributed by atoms with Gasteiger partial charge in [0.1, 0.15) is 23.1 Å². The molecule has 0 unspecified atom stereocenters. The van der Waals surface area contributed by atoms with E-state index in [2.05, 4.69) is 47.0 Å². The second-order valence-corrected chi connectivity index (χ2v) is 9.81. The highest BCUT2D eigenvalue weighted by Gasteiger charge is 2.13. The average Bonchev–Trinajstić information content (AvgIpc) is 3.46. The van der Waals surface area contributed by atoms with Crippen LogP contribution >= 0.6 is 33.9 Å². The van der Waals surface area contributed by atoms with Crippen LogP contribution in [0.2, 0.25) is 0 Å². The fourth-order valence-corrected chi connectivity index (χ4v) is 4.74. The smallest absolute Gasteiger partial charge is 0.291 e. The molecule has 5 rings (SSSR count). The van der Waals surface area contributed by atoms with Gasteiger partial charge in [0.05, 0.1) is 10.2 Å². The van der Waals surface area contributed by atoms with Gasteiger partial charge in [0, 0.05) is 14.8 Å². The first-order chi connectivity index (χ1) is 16.0. The van der Waals surface area contributed by atoms with Gasteiger partial charge in [0.15, 0.2) is 5.76 Å². The second-order valence-electron chi connectivity index (χ2n) is 7.53. The van der Waals surface area contributed by atoms with Crippen molar-refractivity contribution in [2.24, 2.45) is 0 Å². The van der Waals surface area contributed by atoms with Crippen LogP contribution in [0.15, 0.2) is 83.3 Å². The molecule has 0 bridgehead atoms. The van der Waals surface area contributed by atoms with E-state index in [-0.39, 0.29) is 18.3 Å². The van der Waals surface area contributed by atoms with Crippen molar-refractivity contribution in [3.63, 3.8) is 0 Å². The predicted molar refractivity (Wildman–Crippen MR) is 140 cm³/mol. The highest BCUT2D eigenvalue weighted by Crippen LogP contribution is 2.31. The van der Waals surface area contributed by atoms with Gasteiger partial charge in [-0.15, -0.1) is 11.3 Å². The lowest BCUT2D eigenvalue weighted by atomic mass is 10.2. The molecule has 33 heavy (non-hydrogen) atoms. The fraction of sp³-hybridized carbons (Fsp3) is 0.0769. The summed E-state index contributed by atoms with van der Waals surface area (Å²) >= 11 is 3.90. The average molecular weight is 566 g/mol. The summed E-state index contributed by atoms with van der Waals surface area (Å²) in [4.78, 5) is 17.3. The van der Waals surface area contributed by atoms with Crippen LogP contribution < -0.4 is 10.1 Å². The first kappa shape index (κ1) is 21.7. The topological polar surface area (TPSA) is 64.4 Å². The number of thiazole rings is 1. The largest absolute Gasteiger partial charge is 0.486 e. The van der Waals surface area contributed by atoms with Crippen molar-refractivity contribution in [3.8, 4) is 16.3 Å². The number of hydrogen-bond acceptors (Lipinski definition) is 5. The minimum Gasteiger partial charge on any atom is -0.486 e. The molecule has 0 atom stereocenters. The van der Waals surface area contributed by atoms with Crippen molar-refractivity contribution < 1.29 is 13.9 Å². The maximum atomic E-state index is 12.6. The van der Waals surface area contributed by atoms with E-state index in [0.29, 0.717) is 11.4 Å². The molecule has 0 spiro atoms. The number of carbonyl (C=O) groups is 1. The number of aromatic nitrogens is 1. The zero-order chi connectivity index (χ0) is 22.8. The normalized spacial score (nSPS) is 11.0. The van der Waals surface area contributed by atoms with Crippen LogP contribution in [0, 0.1) is 10.5 Å². The van der Waals surface area contributed by atoms with E-state index in [1.165, 1.54) is 10.3 Å². The Morgan fingerprint density at radius 2 is 1.82 bits per heavy atom. The molecule has 0 radical (unpaired) electrons. The number of amides is 1. The maximum absolute atomic E-state index is 12.6. The molecule has 2 aromatic heterocycles. The summed E-state index contributed by atoms with van der Waals surface area (Å²) in [6.45, 7) is 2.33. The molecule has 0 saturated carbocycles. The van der Waals surface area contributed by atoms with Gasteiger partial charge in [-0.25, -0.2) is 4.98 Å². The van der Waals surface area contributed by atoms with Crippen LogP contribution in [-0.2, 0) is 6.61 Å². The third-order valence-electron chi connectivity index (χ3n) is 5.01. The summed E-state index contributed by atoms with van der Waals surface area (Å²) in [5, 5.41) is 3.83. The molecule has 0 aliphatic heterocycles. The Morgan fingerprint density at radius 3 is 2.61 bits per heavy atom. The number of halogens is 1. The maximum Gasteiger partial charge on any atom is 0.291 e. The fourth-order valence-electron chi connectivity index (χ4n) is 3.31. The molecule has 5 aromatic rings. The molecule has 2 heterocycles. The van der Waals surface area contributed by atoms with E-state index in [1.54, 1.807) is 23.5 Å². The van der Waals surface area contributed by atoms with Crippen molar-refractivity contribution in [1.29, 1.82) is 0 Å².